The van der Waals surface area contributed by atoms with Crippen LogP contribution < -0.4 is 5.32 Å². The lowest BCUT2D eigenvalue weighted by atomic mass is 9.81. The number of hydrogen-bond donors (Lipinski definition) is 2. The average molecular weight is 235 g/mol. The smallest absolute Gasteiger partial charge is 0.309 e. The molecule has 2 atom stereocenters. The summed E-state index contributed by atoms with van der Waals surface area (Å²) in [6.07, 6.45) is 0.790. The van der Waals surface area contributed by atoms with Gasteiger partial charge in [0.15, 0.2) is 0 Å². The van der Waals surface area contributed by atoms with Crippen LogP contribution in [-0.2, 0) is 9.53 Å². The van der Waals surface area contributed by atoms with Crippen LogP contribution in [0.15, 0.2) is 24.3 Å². The van der Waals surface area contributed by atoms with Crippen molar-refractivity contribution in [2.24, 2.45) is 5.92 Å². The molecule has 2 unspecified atom stereocenters. The topological polar surface area (TPSA) is 58.6 Å². The molecule has 2 N–H and O–H groups in total. The molecule has 17 heavy (non-hydrogen) atoms. The highest BCUT2D eigenvalue weighted by Crippen LogP contribution is 2.31. The third-order valence-electron chi connectivity index (χ3n) is 3.31. The Bertz CT molecular complexity index is 388. The highest BCUT2D eigenvalue weighted by atomic mass is 16.5. The van der Waals surface area contributed by atoms with Crippen molar-refractivity contribution in [2.45, 2.75) is 12.3 Å². The number of esters is 1. The van der Waals surface area contributed by atoms with E-state index in [2.05, 4.69) is 5.32 Å². The van der Waals surface area contributed by atoms with Crippen LogP contribution in [0.3, 0.4) is 0 Å². The molecule has 0 bridgehead atoms. The third kappa shape index (κ3) is 2.58. The lowest BCUT2D eigenvalue weighted by molar-refractivity contribution is -0.147. The van der Waals surface area contributed by atoms with Gasteiger partial charge < -0.3 is 15.2 Å². The van der Waals surface area contributed by atoms with Gasteiger partial charge in [0.05, 0.1) is 13.0 Å². The average Bonchev–Trinajstić information content (AvgIpc) is 2.39. The number of ether oxygens (including phenoxy) is 1. The molecule has 0 amide bonds. The number of rotatable bonds is 2. The van der Waals surface area contributed by atoms with Crippen LogP contribution in [0.5, 0.6) is 5.75 Å². The molecule has 0 aliphatic carbocycles. The predicted octanol–water partition coefficient (Wildman–Crippen LogP) is 1.26. The molecule has 1 aliphatic rings. The van der Waals surface area contributed by atoms with Crippen molar-refractivity contribution in [1.29, 1.82) is 0 Å². The molecule has 0 radical (unpaired) electrons. The minimum Gasteiger partial charge on any atom is -0.508 e. The Labute approximate surface area is 101 Å². The van der Waals surface area contributed by atoms with E-state index < -0.39 is 0 Å². The summed E-state index contributed by atoms with van der Waals surface area (Å²) < 4.78 is 4.85. The van der Waals surface area contributed by atoms with Crippen molar-refractivity contribution in [3.05, 3.63) is 29.8 Å². The van der Waals surface area contributed by atoms with E-state index in [9.17, 15) is 9.90 Å². The Morgan fingerprint density at radius 2 is 2.12 bits per heavy atom. The van der Waals surface area contributed by atoms with Gasteiger partial charge in [0.1, 0.15) is 5.75 Å². The summed E-state index contributed by atoms with van der Waals surface area (Å²) in [7, 11) is 1.43. The van der Waals surface area contributed by atoms with E-state index in [1.807, 2.05) is 12.1 Å². The maximum atomic E-state index is 11.7. The molecule has 1 aliphatic heterocycles. The molecule has 1 heterocycles. The molecular formula is C13H17NO3. The van der Waals surface area contributed by atoms with Crippen molar-refractivity contribution in [1.82, 2.24) is 5.32 Å². The summed E-state index contributed by atoms with van der Waals surface area (Å²) in [5.74, 6) is 0.124. The van der Waals surface area contributed by atoms with E-state index >= 15 is 0 Å². The molecule has 1 aromatic carbocycles. The first-order valence-corrected chi connectivity index (χ1v) is 5.80. The van der Waals surface area contributed by atoms with Crippen LogP contribution in [0.1, 0.15) is 17.9 Å². The molecule has 1 aromatic rings. The maximum Gasteiger partial charge on any atom is 0.309 e. The Hall–Kier alpha value is -1.55. The Morgan fingerprint density at radius 1 is 1.41 bits per heavy atom. The molecule has 1 fully saturated rings. The van der Waals surface area contributed by atoms with Crippen LogP contribution >= 0.6 is 0 Å². The normalized spacial score (nSPS) is 24.3. The first kappa shape index (κ1) is 11.9. The van der Waals surface area contributed by atoms with Crippen LogP contribution in [0.4, 0.5) is 0 Å². The number of hydrogen-bond acceptors (Lipinski definition) is 4. The second kappa shape index (κ2) is 5.19. The molecule has 2 rings (SSSR count). The lowest BCUT2D eigenvalue weighted by Crippen LogP contribution is -2.39. The van der Waals surface area contributed by atoms with Crippen LogP contribution in [0.25, 0.3) is 0 Å². The predicted molar refractivity (Wildman–Crippen MR) is 63.8 cm³/mol. The SMILES string of the molecule is COC(=O)C1CCNCC1c1ccc(O)cc1. The van der Waals surface area contributed by atoms with Gasteiger partial charge in [-0.1, -0.05) is 12.1 Å². The molecule has 0 spiro atoms. The fraction of sp³-hybridized carbons (Fsp3) is 0.462. The fourth-order valence-electron chi connectivity index (χ4n) is 2.36. The van der Waals surface area contributed by atoms with Crippen LogP contribution in [0.2, 0.25) is 0 Å². The van der Waals surface area contributed by atoms with Gasteiger partial charge in [-0.25, -0.2) is 0 Å². The van der Waals surface area contributed by atoms with Gasteiger partial charge in [-0.15, -0.1) is 0 Å². The van der Waals surface area contributed by atoms with Gasteiger partial charge in [-0.2, -0.15) is 0 Å². The van der Waals surface area contributed by atoms with E-state index in [4.69, 9.17) is 4.74 Å². The highest BCUT2D eigenvalue weighted by Gasteiger charge is 2.32. The first-order valence-electron chi connectivity index (χ1n) is 5.80. The summed E-state index contributed by atoms with van der Waals surface area (Å²) in [4.78, 5) is 11.7. The molecule has 4 nitrogen and oxygen atoms in total. The van der Waals surface area contributed by atoms with Crippen molar-refractivity contribution < 1.29 is 14.6 Å². The number of aromatic hydroxyl groups is 1. The third-order valence-corrected chi connectivity index (χ3v) is 3.31. The number of phenols is 1. The molecular weight excluding hydrogens is 218 g/mol. The van der Waals surface area contributed by atoms with Gasteiger partial charge >= 0.3 is 5.97 Å². The van der Waals surface area contributed by atoms with Gasteiger partial charge in [0.25, 0.3) is 0 Å². The van der Waals surface area contributed by atoms with E-state index in [0.29, 0.717) is 0 Å². The second-order valence-electron chi connectivity index (χ2n) is 4.32. The quantitative estimate of drug-likeness (QED) is 0.758. The van der Waals surface area contributed by atoms with Crippen molar-refractivity contribution in [3.8, 4) is 5.75 Å². The molecule has 0 saturated carbocycles. The number of carbonyl (C=O) groups is 1. The van der Waals surface area contributed by atoms with Gasteiger partial charge in [-0.3, -0.25) is 4.79 Å². The number of methoxy groups -OCH3 is 1. The zero-order valence-electron chi connectivity index (χ0n) is 9.85. The maximum absolute atomic E-state index is 11.7. The summed E-state index contributed by atoms with van der Waals surface area (Å²) in [6.45, 7) is 1.61. The highest BCUT2D eigenvalue weighted by molar-refractivity contribution is 5.73. The largest absolute Gasteiger partial charge is 0.508 e. The second-order valence-corrected chi connectivity index (χ2v) is 4.32. The number of piperidine rings is 1. The Balaban J connectivity index is 2.21. The minimum atomic E-state index is -0.149. The van der Waals surface area contributed by atoms with E-state index in [1.54, 1.807) is 12.1 Å². The van der Waals surface area contributed by atoms with Crippen LogP contribution in [-0.4, -0.2) is 31.3 Å². The van der Waals surface area contributed by atoms with Crippen LogP contribution in [0, 0.1) is 5.92 Å². The fourth-order valence-corrected chi connectivity index (χ4v) is 2.36. The summed E-state index contributed by atoms with van der Waals surface area (Å²) in [5, 5.41) is 12.6. The Kier molecular flexibility index (Phi) is 3.64. The molecule has 4 heteroatoms. The number of carbonyl (C=O) groups excluding carboxylic acids is 1. The monoisotopic (exact) mass is 235 g/mol. The van der Waals surface area contributed by atoms with E-state index in [1.165, 1.54) is 7.11 Å². The van der Waals surface area contributed by atoms with Crippen molar-refractivity contribution in [3.63, 3.8) is 0 Å². The summed E-state index contributed by atoms with van der Waals surface area (Å²) in [5.41, 5.74) is 1.06. The molecule has 1 saturated heterocycles. The minimum absolute atomic E-state index is 0.0919. The van der Waals surface area contributed by atoms with E-state index in [0.717, 1.165) is 25.1 Å². The molecule has 0 aromatic heterocycles. The molecule has 92 valence electrons. The van der Waals surface area contributed by atoms with Crippen molar-refractivity contribution >= 4 is 5.97 Å². The van der Waals surface area contributed by atoms with Gasteiger partial charge in [0.2, 0.25) is 0 Å². The standard InChI is InChI=1S/C13H17NO3/c1-17-13(16)11-6-7-14-8-12(11)9-2-4-10(15)5-3-9/h2-5,11-12,14-15H,6-8H2,1H3. The Morgan fingerprint density at radius 3 is 2.76 bits per heavy atom. The summed E-state index contributed by atoms with van der Waals surface area (Å²) >= 11 is 0. The lowest BCUT2D eigenvalue weighted by Gasteiger charge is -2.30. The zero-order chi connectivity index (χ0) is 12.3. The van der Waals surface area contributed by atoms with Crippen molar-refractivity contribution in [2.75, 3.05) is 20.2 Å². The zero-order valence-corrected chi connectivity index (χ0v) is 9.85. The summed E-state index contributed by atoms with van der Waals surface area (Å²) in [6, 6.07) is 7.03. The number of benzene rings is 1. The van der Waals surface area contributed by atoms with Gasteiger partial charge in [0, 0.05) is 12.5 Å². The van der Waals surface area contributed by atoms with Gasteiger partial charge in [-0.05, 0) is 30.7 Å². The first-order chi connectivity index (χ1) is 8.22. The number of phenolic OH excluding ortho intramolecular Hbond substituents is 1. The van der Waals surface area contributed by atoms with E-state index in [-0.39, 0.29) is 23.6 Å². The number of nitrogens with one attached hydrogen (secondary N) is 1.